The van der Waals surface area contributed by atoms with Gasteiger partial charge in [-0.15, -0.1) is 0 Å². The van der Waals surface area contributed by atoms with Crippen molar-refractivity contribution >= 4 is 23.3 Å². The van der Waals surface area contributed by atoms with Gasteiger partial charge in [-0.1, -0.05) is 60.7 Å². The first kappa shape index (κ1) is 18.4. The first-order valence-corrected chi connectivity index (χ1v) is 9.13. The number of anilines is 1. The van der Waals surface area contributed by atoms with Gasteiger partial charge in [-0.25, -0.2) is 4.99 Å². The SMILES string of the molecule is O=C(NCc1ccccc1)C1=Nc2c(nc(NCc3ccccc3)[nH]c2=O)OC1. The Hall–Kier alpha value is -3.94. The van der Waals surface area contributed by atoms with Crippen LogP contribution < -0.4 is 20.9 Å². The van der Waals surface area contributed by atoms with Gasteiger partial charge in [0.05, 0.1) is 0 Å². The molecule has 0 bridgehead atoms. The number of aromatic amines is 1. The maximum atomic E-state index is 12.4. The average Bonchev–Trinajstić information content (AvgIpc) is 2.77. The molecule has 2 heterocycles. The van der Waals surface area contributed by atoms with E-state index in [1.54, 1.807) is 0 Å². The Morgan fingerprint density at radius 3 is 2.34 bits per heavy atom. The van der Waals surface area contributed by atoms with Crippen LogP contribution in [0, 0.1) is 0 Å². The highest BCUT2D eigenvalue weighted by Crippen LogP contribution is 2.25. The summed E-state index contributed by atoms with van der Waals surface area (Å²) in [5, 5.41) is 5.82. The van der Waals surface area contributed by atoms with Crippen LogP contribution in [0.3, 0.4) is 0 Å². The normalized spacial score (nSPS) is 12.3. The summed E-state index contributed by atoms with van der Waals surface area (Å²) in [6.45, 7) is 0.809. The first-order valence-electron chi connectivity index (χ1n) is 9.13. The number of hydrogen-bond acceptors (Lipinski definition) is 6. The Kier molecular flexibility index (Phi) is 5.33. The van der Waals surface area contributed by atoms with E-state index in [2.05, 4.69) is 25.6 Å². The highest BCUT2D eigenvalue weighted by atomic mass is 16.5. The van der Waals surface area contributed by atoms with E-state index in [-0.39, 0.29) is 35.7 Å². The van der Waals surface area contributed by atoms with Gasteiger partial charge < -0.3 is 15.4 Å². The van der Waals surface area contributed by atoms with E-state index in [0.29, 0.717) is 13.1 Å². The van der Waals surface area contributed by atoms with Crippen LogP contribution in [-0.2, 0) is 17.9 Å². The quantitative estimate of drug-likeness (QED) is 0.599. The molecule has 0 spiro atoms. The highest BCUT2D eigenvalue weighted by molar-refractivity contribution is 6.40. The molecule has 8 nitrogen and oxygen atoms in total. The zero-order chi connectivity index (χ0) is 20.1. The maximum Gasteiger partial charge on any atom is 0.282 e. The predicted octanol–water partition coefficient (Wildman–Crippen LogP) is 2.16. The van der Waals surface area contributed by atoms with Gasteiger partial charge in [-0.2, -0.15) is 4.98 Å². The minimum absolute atomic E-state index is 0.00799. The zero-order valence-corrected chi connectivity index (χ0v) is 15.5. The second-order valence-electron chi connectivity index (χ2n) is 6.42. The van der Waals surface area contributed by atoms with Crippen molar-refractivity contribution in [1.82, 2.24) is 15.3 Å². The molecule has 0 atom stereocenters. The number of carbonyl (C=O) groups is 1. The van der Waals surface area contributed by atoms with Gasteiger partial charge in [0.2, 0.25) is 11.8 Å². The van der Waals surface area contributed by atoms with E-state index in [9.17, 15) is 9.59 Å². The molecule has 8 heteroatoms. The van der Waals surface area contributed by atoms with E-state index < -0.39 is 5.56 Å². The molecule has 0 saturated carbocycles. The average molecular weight is 389 g/mol. The summed E-state index contributed by atoms with van der Waals surface area (Å²) in [5.41, 5.74) is 1.66. The first-order chi connectivity index (χ1) is 14.2. The molecular weight excluding hydrogens is 370 g/mol. The number of amides is 1. The molecule has 0 unspecified atom stereocenters. The van der Waals surface area contributed by atoms with Crippen molar-refractivity contribution in [2.45, 2.75) is 13.1 Å². The lowest BCUT2D eigenvalue weighted by Crippen LogP contribution is -2.36. The number of fused-ring (bicyclic) bond motifs is 1. The monoisotopic (exact) mass is 389 g/mol. The second-order valence-corrected chi connectivity index (χ2v) is 6.42. The number of rotatable bonds is 6. The molecule has 146 valence electrons. The van der Waals surface area contributed by atoms with E-state index in [1.165, 1.54) is 0 Å². The molecule has 2 aromatic carbocycles. The Bertz CT molecular complexity index is 1090. The number of benzene rings is 2. The van der Waals surface area contributed by atoms with Crippen LogP contribution >= 0.6 is 0 Å². The van der Waals surface area contributed by atoms with E-state index in [4.69, 9.17) is 4.74 Å². The molecule has 1 aliphatic heterocycles. The van der Waals surface area contributed by atoms with Gasteiger partial charge in [0, 0.05) is 13.1 Å². The fourth-order valence-corrected chi connectivity index (χ4v) is 2.81. The molecule has 3 aromatic rings. The topological polar surface area (TPSA) is 108 Å². The number of aromatic nitrogens is 2. The van der Waals surface area contributed by atoms with Gasteiger partial charge in [0.25, 0.3) is 11.5 Å². The molecule has 0 fully saturated rings. The van der Waals surface area contributed by atoms with Crippen molar-refractivity contribution in [3.8, 4) is 5.88 Å². The lowest BCUT2D eigenvalue weighted by atomic mass is 10.2. The third kappa shape index (κ3) is 4.49. The summed E-state index contributed by atoms with van der Waals surface area (Å²) in [7, 11) is 0. The molecule has 0 saturated heterocycles. The number of aliphatic imine (C=N–C) groups is 1. The minimum atomic E-state index is -0.473. The van der Waals surface area contributed by atoms with Crippen molar-refractivity contribution in [2.24, 2.45) is 4.99 Å². The summed E-state index contributed by atoms with van der Waals surface area (Å²) in [5.74, 6) is -0.00103. The fourth-order valence-electron chi connectivity index (χ4n) is 2.81. The molecule has 1 amide bonds. The third-order valence-electron chi connectivity index (χ3n) is 4.32. The number of nitrogens with one attached hydrogen (secondary N) is 3. The lowest BCUT2D eigenvalue weighted by Gasteiger charge is -2.16. The van der Waals surface area contributed by atoms with Gasteiger partial charge in [0.1, 0.15) is 12.3 Å². The van der Waals surface area contributed by atoms with Gasteiger partial charge in [-0.05, 0) is 11.1 Å². The van der Waals surface area contributed by atoms with Gasteiger partial charge in [-0.3, -0.25) is 14.6 Å². The van der Waals surface area contributed by atoms with Crippen LogP contribution in [0.25, 0.3) is 0 Å². The van der Waals surface area contributed by atoms with Crippen molar-refractivity contribution in [1.29, 1.82) is 0 Å². The van der Waals surface area contributed by atoms with E-state index in [1.807, 2.05) is 60.7 Å². The fraction of sp³-hybridized carbons (Fsp3) is 0.143. The molecule has 3 N–H and O–H groups in total. The summed E-state index contributed by atoms with van der Waals surface area (Å²) < 4.78 is 5.52. The number of H-pyrrole nitrogens is 1. The Morgan fingerprint density at radius 2 is 1.66 bits per heavy atom. The molecule has 1 aromatic heterocycles. The number of hydrogen-bond donors (Lipinski definition) is 3. The Morgan fingerprint density at radius 1 is 1.00 bits per heavy atom. The molecule has 0 aliphatic carbocycles. The Labute approximate surface area is 166 Å². The van der Waals surface area contributed by atoms with Gasteiger partial charge >= 0.3 is 0 Å². The largest absolute Gasteiger partial charge is 0.469 e. The minimum Gasteiger partial charge on any atom is -0.469 e. The zero-order valence-electron chi connectivity index (χ0n) is 15.5. The van der Waals surface area contributed by atoms with Crippen LogP contribution in [0.15, 0.2) is 70.5 Å². The van der Waals surface area contributed by atoms with Gasteiger partial charge in [0.15, 0.2) is 5.69 Å². The van der Waals surface area contributed by atoms with Crippen molar-refractivity contribution in [3.05, 3.63) is 82.1 Å². The molecule has 4 rings (SSSR count). The molecule has 1 aliphatic rings. The maximum absolute atomic E-state index is 12.4. The smallest absolute Gasteiger partial charge is 0.282 e. The lowest BCUT2D eigenvalue weighted by molar-refractivity contribution is -0.115. The Balaban J connectivity index is 1.45. The second kappa shape index (κ2) is 8.39. The van der Waals surface area contributed by atoms with E-state index >= 15 is 0 Å². The molecular formula is C21H19N5O3. The number of carbonyl (C=O) groups excluding carboxylic acids is 1. The van der Waals surface area contributed by atoms with Crippen molar-refractivity contribution < 1.29 is 9.53 Å². The van der Waals surface area contributed by atoms with E-state index in [0.717, 1.165) is 11.1 Å². The number of ether oxygens (including phenoxy) is 1. The molecule has 29 heavy (non-hydrogen) atoms. The van der Waals surface area contributed by atoms with Crippen LogP contribution in [-0.4, -0.2) is 28.2 Å². The highest BCUT2D eigenvalue weighted by Gasteiger charge is 2.23. The van der Waals surface area contributed by atoms with Crippen molar-refractivity contribution in [2.75, 3.05) is 11.9 Å². The summed E-state index contributed by atoms with van der Waals surface area (Å²) >= 11 is 0. The predicted molar refractivity (Wildman–Crippen MR) is 110 cm³/mol. The summed E-state index contributed by atoms with van der Waals surface area (Å²) in [4.78, 5) is 35.8. The molecule has 0 radical (unpaired) electrons. The summed E-state index contributed by atoms with van der Waals surface area (Å²) in [6, 6.07) is 19.2. The third-order valence-corrected chi connectivity index (χ3v) is 4.32. The summed E-state index contributed by atoms with van der Waals surface area (Å²) in [6.07, 6.45) is 0. The van der Waals surface area contributed by atoms with Crippen LogP contribution in [0.2, 0.25) is 0 Å². The standard InChI is InChI=1S/C21H19N5O3/c27-18(22-11-14-7-3-1-4-8-14)16-13-29-20-17(24-16)19(28)25-21(26-20)23-12-15-9-5-2-6-10-15/h1-10H,11-13H2,(H,22,27)(H2,23,25,26,28). The van der Waals surface area contributed by atoms with Crippen molar-refractivity contribution in [3.63, 3.8) is 0 Å². The van der Waals surface area contributed by atoms with Crippen LogP contribution in [0.4, 0.5) is 11.6 Å². The van der Waals surface area contributed by atoms with Crippen LogP contribution in [0.1, 0.15) is 11.1 Å². The number of nitrogens with zero attached hydrogens (tertiary/aromatic N) is 2. The van der Waals surface area contributed by atoms with Crippen LogP contribution in [0.5, 0.6) is 5.88 Å².